The first-order valence-electron chi connectivity index (χ1n) is 13.7. The molecule has 5 heteroatoms. The number of nitrogens with one attached hydrogen (secondary N) is 1. The average Bonchev–Trinajstić information content (AvgIpc) is 2.88. The molecule has 3 aromatic rings. The topological polar surface area (TPSA) is 38.3 Å². The van der Waals surface area contributed by atoms with Gasteiger partial charge in [0.15, 0.2) is 0 Å². The predicted molar refractivity (Wildman–Crippen MR) is 152 cm³/mol. The summed E-state index contributed by atoms with van der Waals surface area (Å²) < 4.78 is 19.3. The quantitative estimate of drug-likeness (QED) is 0.343. The highest BCUT2D eigenvalue weighted by Crippen LogP contribution is 2.57. The number of aryl methyl sites for hydroxylation is 1. The third-order valence-electron chi connectivity index (χ3n) is 9.04. The zero-order valence-corrected chi connectivity index (χ0v) is 23.5. The molecule has 3 nitrogen and oxygen atoms in total. The molecule has 200 valence electrons. The molecule has 0 aromatic heterocycles. The number of halogens is 2. The van der Waals surface area contributed by atoms with E-state index < -0.39 is 5.41 Å². The Bertz CT molecular complexity index is 1350. The van der Waals surface area contributed by atoms with Crippen LogP contribution in [0.25, 0.3) is 0 Å². The van der Waals surface area contributed by atoms with Gasteiger partial charge < -0.3 is 10.1 Å². The molecular weight excluding hydrogens is 497 g/mol. The molecule has 1 saturated carbocycles. The summed E-state index contributed by atoms with van der Waals surface area (Å²) in [5.74, 6) is 1.03. The maximum absolute atomic E-state index is 13.9. The third-order valence-corrected chi connectivity index (χ3v) is 9.33. The van der Waals surface area contributed by atoms with Gasteiger partial charge in [0.1, 0.15) is 18.2 Å². The van der Waals surface area contributed by atoms with Crippen LogP contribution >= 0.6 is 11.6 Å². The Labute approximate surface area is 230 Å². The van der Waals surface area contributed by atoms with Crippen LogP contribution in [0, 0.1) is 17.2 Å². The van der Waals surface area contributed by atoms with Crippen LogP contribution in [0.2, 0.25) is 5.02 Å². The molecule has 3 atom stereocenters. The maximum atomic E-state index is 13.9. The van der Waals surface area contributed by atoms with Crippen molar-refractivity contribution in [3.63, 3.8) is 0 Å². The van der Waals surface area contributed by atoms with Gasteiger partial charge in [0.25, 0.3) is 0 Å². The summed E-state index contributed by atoms with van der Waals surface area (Å²) in [7, 11) is 0. The van der Waals surface area contributed by atoms with Gasteiger partial charge in [-0.3, -0.25) is 4.79 Å². The van der Waals surface area contributed by atoms with Gasteiger partial charge in [0.05, 0.1) is 10.4 Å². The van der Waals surface area contributed by atoms with Gasteiger partial charge in [0, 0.05) is 5.69 Å². The van der Waals surface area contributed by atoms with Gasteiger partial charge in [0.2, 0.25) is 5.91 Å². The average molecular weight is 534 g/mol. The lowest BCUT2D eigenvalue weighted by molar-refractivity contribution is -0.133. The number of hydrogen-bond acceptors (Lipinski definition) is 2. The van der Waals surface area contributed by atoms with Crippen LogP contribution in [0.1, 0.15) is 81.5 Å². The molecule has 0 bridgehead atoms. The number of benzene rings is 3. The second-order valence-electron chi connectivity index (χ2n) is 11.9. The minimum Gasteiger partial charge on any atom is -0.487 e. The highest BCUT2D eigenvalue weighted by molar-refractivity contribution is 6.32. The van der Waals surface area contributed by atoms with Crippen molar-refractivity contribution in [3.8, 4) is 5.75 Å². The van der Waals surface area contributed by atoms with Gasteiger partial charge >= 0.3 is 0 Å². The number of ether oxygens (including phenoxy) is 1. The summed E-state index contributed by atoms with van der Waals surface area (Å²) in [5, 5.41) is 3.58. The maximum Gasteiger partial charge on any atom is 0.230 e. The summed E-state index contributed by atoms with van der Waals surface area (Å²) in [6, 6.07) is 18.6. The van der Waals surface area contributed by atoms with E-state index in [1.165, 1.54) is 28.8 Å². The molecule has 1 N–H and O–H groups in total. The molecule has 1 amide bonds. The molecule has 0 aliphatic heterocycles. The Balaban J connectivity index is 1.32. The van der Waals surface area contributed by atoms with E-state index in [9.17, 15) is 9.18 Å². The Hall–Kier alpha value is -2.85. The summed E-state index contributed by atoms with van der Waals surface area (Å²) in [6.45, 7) is 9.22. The Morgan fingerprint density at radius 1 is 1.11 bits per heavy atom. The zero-order chi connectivity index (χ0) is 27.1. The number of amides is 1. The fourth-order valence-corrected chi connectivity index (χ4v) is 7.13. The van der Waals surface area contributed by atoms with Gasteiger partial charge in [-0.15, -0.1) is 0 Å². The first kappa shape index (κ1) is 26.7. The van der Waals surface area contributed by atoms with Crippen molar-refractivity contribution < 1.29 is 13.9 Å². The van der Waals surface area contributed by atoms with Crippen molar-refractivity contribution in [2.24, 2.45) is 11.3 Å². The van der Waals surface area contributed by atoms with Crippen molar-refractivity contribution in [1.82, 2.24) is 0 Å². The molecule has 2 aliphatic carbocycles. The lowest BCUT2D eigenvalue weighted by atomic mass is 9.49. The molecule has 1 fully saturated rings. The van der Waals surface area contributed by atoms with E-state index in [0.717, 1.165) is 37.7 Å². The second kappa shape index (κ2) is 10.4. The highest BCUT2D eigenvalue weighted by Gasteiger charge is 2.54. The van der Waals surface area contributed by atoms with Crippen LogP contribution in [0.4, 0.5) is 10.1 Å². The van der Waals surface area contributed by atoms with E-state index >= 15 is 0 Å². The largest absolute Gasteiger partial charge is 0.487 e. The van der Waals surface area contributed by atoms with E-state index in [-0.39, 0.29) is 29.7 Å². The van der Waals surface area contributed by atoms with Crippen LogP contribution in [0.5, 0.6) is 5.75 Å². The minimum atomic E-state index is -0.472. The summed E-state index contributed by atoms with van der Waals surface area (Å²) >= 11 is 6.50. The third kappa shape index (κ3) is 4.96. The Morgan fingerprint density at radius 3 is 2.66 bits per heavy atom. The molecule has 3 aromatic carbocycles. The van der Waals surface area contributed by atoms with Gasteiger partial charge in [-0.25, -0.2) is 4.39 Å². The molecular formula is C33H37ClFNO2. The van der Waals surface area contributed by atoms with Gasteiger partial charge in [-0.2, -0.15) is 0 Å². The number of carbonyl (C=O) groups is 1. The monoisotopic (exact) mass is 533 g/mol. The normalized spacial score (nSPS) is 24.4. The number of anilines is 1. The summed E-state index contributed by atoms with van der Waals surface area (Å²) in [4.78, 5) is 13.9. The Morgan fingerprint density at radius 2 is 1.92 bits per heavy atom. The van der Waals surface area contributed by atoms with E-state index in [1.54, 1.807) is 24.3 Å². The summed E-state index contributed by atoms with van der Waals surface area (Å²) in [5.41, 5.74) is 5.17. The fraction of sp³-hybridized carbons (Fsp3) is 0.424. The number of rotatable bonds is 6. The van der Waals surface area contributed by atoms with Crippen molar-refractivity contribution in [3.05, 3.63) is 93.8 Å². The molecule has 2 aliphatic rings. The molecule has 0 unspecified atom stereocenters. The predicted octanol–water partition coefficient (Wildman–Crippen LogP) is 8.83. The van der Waals surface area contributed by atoms with Crippen LogP contribution in [-0.4, -0.2) is 5.91 Å². The van der Waals surface area contributed by atoms with Crippen molar-refractivity contribution in [1.29, 1.82) is 0 Å². The van der Waals surface area contributed by atoms with E-state index in [0.29, 0.717) is 22.4 Å². The first-order chi connectivity index (χ1) is 18.1. The van der Waals surface area contributed by atoms with Crippen LogP contribution in [0.3, 0.4) is 0 Å². The molecule has 0 spiro atoms. The van der Waals surface area contributed by atoms with Crippen molar-refractivity contribution in [2.45, 2.75) is 77.7 Å². The summed E-state index contributed by atoms with van der Waals surface area (Å²) in [6.07, 6.45) is 5.04. The second-order valence-corrected chi connectivity index (χ2v) is 12.3. The lowest BCUT2D eigenvalue weighted by Gasteiger charge is -2.54. The van der Waals surface area contributed by atoms with Crippen LogP contribution in [-0.2, 0) is 23.2 Å². The van der Waals surface area contributed by atoms with Gasteiger partial charge in [-0.1, -0.05) is 76.0 Å². The zero-order valence-electron chi connectivity index (χ0n) is 22.7. The van der Waals surface area contributed by atoms with E-state index in [1.807, 2.05) is 6.07 Å². The molecule has 5 rings (SSSR count). The van der Waals surface area contributed by atoms with Crippen molar-refractivity contribution >= 4 is 23.2 Å². The Kier molecular flexibility index (Phi) is 7.30. The van der Waals surface area contributed by atoms with Gasteiger partial charge in [-0.05, 0) is 95.5 Å². The lowest BCUT2D eigenvalue weighted by Crippen LogP contribution is -2.53. The number of carbonyl (C=O) groups excluding carboxylic acids is 1. The fourth-order valence-electron chi connectivity index (χ4n) is 6.90. The minimum absolute atomic E-state index is 0.0142. The molecule has 38 heavy (non-hydrogen) atoms. The van der Waals surface area contributed by atoms with Crippen LogP contribution < -0.4 is 10.1 Å². The number of hydrogen-bond donors (Lipinski definition) is 1. The van der Waals surface area contributed by atoms with E-state index in [4.69, 9.17) is 16.3 Å². The van der Waals surface area contributed by atoms with Crippen molar-refractivity contribution in [2.75, 3.05) is 5.32 Å². The molecule has 0 heterocycles. The SMILES string of the molecule is CC(C)c1ccc2c(c1)CC[C@H]1[C@](C)(C(=O)Nc3ccc(OCc4cccc(F)c4)c(Cl)c3)CCC[C@]21C. The highest BCUT2D eigenvalue weighted by atomic mass is 35.5. The van der Waals surface area contributed by atoms with E-state index in [2.05, 4.69) is 51.2 Å². The smallest absolute Gasteiger partial charge is 0.230 e. The number of fused-ring (bicyclic) bond motifs is 3. The first-order valence-corrected chi connectivity index (χ1v) is 14.1. The molecule has 0 saturated heterocycles. The standard InChI is InChI=1S/C33H37ClFNO2/c1-21(2)23-9-12-27-24(18-23)10-14-30-32(27,3)15-6-16-33(30,4)31(37)36-26-11-13-29(28(34)19-26)38-20-22-7-5-8-25(35)17-22/h5,7-9,11-13,17-19,21,30H,6,10,14-16,20H2,1-4H3,(H,36,37)/t30-,32-,33-/m1/s1. The van der Waals surface area contributed by atoms with Crippen LogP contribution in [0.15, 0.2) is 60.7 Å². The molecule has 0 radical (unpaired) electrons.